The van der Waals surface area contributed by atoms with Gasteiger partial charge in [-0.15, -0.1) is 0 Å². The average molecular weight is 1480 g/mol. The van der Waals surface area contributed by atoms with Crippen LogP contribution in [0.25, 0.3) is 0 Å². The van der Waals surface area contributed by atoms with Crippen LogP contribution in [0.1, 0.15) is 186 Å². The van der Waals surface area contributed by atoms with Gasteiger partial charge in [0.1, 0.15) is 15.6 Å². The Morgan fingerprint density at radius 2 is 0.670 bits per heavy atom. The van der Waals surface area contributed by atoms with Crippen molar-refractivity contribution in [1.29, 1.82) is 0 Å². The molecule has 0 aliphatic carbocycles. The topological polar surface area (TPSA) is 326 Å². The maximum absolute atomic E-state index is 13.8. The van der Waals surface area contributed by atoms with Crippen LogP contribution < -0.4 is 0 Å². The zero-order valence-corrected chi connectivity index (χ0v) is 63.4. The van der Waals surface area contributed by atoms with E-state index in [-0.39, 0.29) is 51.8 Å². The van der Waals surface area contributed by atoms with E-state index in [4.69, 9.17) is 50.5 Å². The second kappa shape index (κ2) is 30.9. The Morgan fingerprint density at radius 3 is 0.989 bits per heavy atom. The molecule has 0 radical (unpaired) electrons. The van der Waals surface area contributed by atoms with Crippen LogP contribution in [0, 0.1) is 52.1 Å². The Morgan fingerprint density at radius 1 is 0.309 bits per heavy atom. The molecular formula is C65H89Cl2F3O18S6. The molecule has 0 aliphatic heterocycles. The van der Waals surface area contributed by atoms with Gasteiger partial charge in [-0.3, -0.25) is 27.3 Å². The summed E-state index contributed by atoms with van der Waals surface area (Å²) >= 11 is 11.8. The van der Waals surface area contributed by atoms with Gasteiger partial charge in [0, 0.05) is 5.02 Å². The second-order valence-corrected chi connectivity index (χ2v) is 37.6. The lowest BCUT2D eigenvalue weighted by molar-refractivity contribution is 0.435. The van der Waals surface area contributed by atoms with Crippen molar-refractivity contribution >= 4 is 83.9 Å². The van der Waals surface area contributed by atoms with Crippen LogP contribution in [0.3, 0.4) is 0 Å². The molecule has 0 unspecified atom stereocenters. The number of hydrogen-bond acceptors (Lipinski definition) is 12. The van der Waals surface area contributed by atoms with E-state index in [2.05, 4.69) is 41.5 Å². The maximum atomic E-state index is 13.8. The van der Waals surface area contributed by atoms with E-state index < -0.39 is 98.8 Å². The lowest BCUT2D eigenvalue weighted by Gasteiger charge is -2.22. The van der Waals surface area contributed by atoms with Gasteiger partial charge in [0.25, 0.3) is 60.7 Å². The molecule has 6 N–H and O–H groups in total. The normalized spacial score (nSPS) is 12.9. The predicted octanol–water partition coefficient (Wildman–Crippen LogP) is 16.7. The molecule has 0 amide bonds. The van der Waals surface area contributed by atoms with Gasteiger partial charge in [-0.2, -0.15) is 50.5 Å². The first-order valence-corrected chi connectivity index (χ1v) is 37.8. The first kappa shape index (κ1) is 87.2. The highest BCUT2D eigenvalue weighted by Gasteiger charge is 2.29. The standard InChI is InChI=1S/C12H18O3S.C11H15ClO3S.C11H15FO3S.C11H16O3S.C10H13ClO3S.C10H12F2O3S/c1-8-6-10(12(3,4)5)7-9(2)11(8)16(13,14)15;1-7-5-10(16(13,14)15)9(12)6-8(7)11(2,3)4;1-7-5-8(16(13,14)15)6-9(12)10(7)11(2,3)4;1-8-7-9(15(12,13)14)5-6-10(8)11(2,3)4;1-10(2,3)8-5-4-7(6-9(8)11)15(12,13)14;1-10(2,3)6-4-5-7(16(13,14)15)9(12)8(6)11/h6-7H,1-5H3,(H,13,14,15);2*5-6H,1-4H3,(H,13,14,15);5-7H,1-4H3,(H,12,13,14);4-6H,1-3H3,(H,12,13,14);4-5H,1-3H3,(H,13,14,15). The van der Waals surface area contributed by atoms with Crippen molar-refractivity contribution in [3.8, 4) is 0 Å². The third kappa shape index (κ3) is 25.9. The van der Waals surface area contributed by atoms with E-state index in [1.165, 1.54) is 36.4 Å². The summed E-state index contributed by atoms with van der Waals surface area (Å²) in [6.07, 6.45) is 0. The highest BCUT2D eigenvalue weighted by molar-refractivity contribution is 7.87. The van der Waals surface area contributed by atoms with Crippen molar-refractivity contribution in [2.75, 3.05) is 0 Å². The molecule has 0 bridgehead atoms. The summed E-state index contributed by atoms with van der Waals surface area (Å²) in [5.41, 5.74) is 6.43. The quantitative estimate of drug-likeness (QED) is 0.0844. The van der Waals surface area contributed by atoms with E-state index in [0.717, 1.165) is 51.6 Å². The lowest BCUT2D eigenvalue weighted by atomic mass is 9.84. The monoisotopic (exact) mass is 1480 g/mol. The molecule has 94 heavy (non-hydrogen) atoms. The number of rotatable bonds is 6. The summed E-state index contributed by atoms with van der Waals surface area (Å²) in [6.45, 7) is 43.5. The fourth-order valence-electron chi connectivity index (χ4n) is 9.48. The van der Waals surface area contributed by atoms with E-state index in [0.29, 0.717) is 27.3 Å². The van der Waals surface area contributed by atoms with Crippen LogP contribution in [0.2, 0.25) is 10.0 Å². The molecule has 528 valence electrons. The van der Waals surface area contributed by atoms with E-state index in [1.54, 1.807) is 66.7 Å². The van der Waals surface area contributed by atoms with Crippen LogP contribution in [-0.2, 0) is 93.2 Å². The fraction of sp³-hybridized carbons (Fsp3) is 0.446. The third-order valence-electron chi connectivity index (χ3n) is 13.7. The molecule has 0 aliphatic rings. The van der Waals surface area contributed by atoms with Crippen molar-refractivity contribution in [2.24, 2.45) is 0 Å². The molecule has 0 saturated carbocycles. The van der Waals surface area contributed by atoms with Crippen LogP contribution >= 0.6 is 23.2 Å². The summed E-state index contributed by atoms with van der Waals surface area (Å²) in [7, 11) is -25.7. The number of hydrogen-bond donors (Lipinski definition) is 6. The summed E-state index contributed by atoms with van der Waals surface area (Å²) < 4.78 is 225. The SMILES string of the molecule is CC(C)(C)c1ccc(S(=O)(=O)O)c(F)c1F.CC(C)(C)c1ccc(S(=O)(=O)O)cc1Cl.Cc1cc(C(C)(C)C)cc(C)c1S(=O)(=O)O.Cc1cc(S(=O)(=O)O)c(Cl)cc1C(C)(C)C.Cc1cc(S(=O)(=O)O)cc(F)c1C(C)(C)C.Cc1cc(S(=O)(=O)O)ccc1C(C)(C)C. The highest BCUT2D eigenvalue weighted by Crippen LogP contribution is 2.36. The van der Waals surface area contributed by atoms with Crippen LogP contribution in [0.4, 0.5) is 13.2 Å². The number of aryl methyl sites for hydroxylation is 5. The van der Waals surface area contributed by atoms with Gasteiger partial charge in [-0.25, -0.2) is 13.2 Å². The minimum atomic E-state index is -4.73. The zero-order valence-electron chi connectivity index (χ0n) is 57.0. The average Bonchev–Trinajstić information content (AvgIpc) is 0.820. The van der Waals surface area contributed by atoms with E-state index in [1.807, 2.05) is 81.4 Å². The van der Waals surface area contributed by atoms with Gasteiger partial charge in [-0.1, -0.05) is 178 Å². The van der Waals surface area contributed by atoms with Gasteiger partial charge < -0.3 is 0 Å². The zero-order chi connectivity index (χ0) is 74.6. The Balaban J connectivity index is 0.000000564. The van der Waals surface area contributed by atoms with Crippen molar-refractivity contribution in [2.45, 2.75) is 221 Å². The van der Waals surface area contributed by atoms with Crippen molar-refractivity contribution < 1.29 is 91.0 Å². The van der Waals surface area contributed by atoms with Crippen molar-refractivity contribution in [3.63, 3.8) is 0 Å². The van der Waals surface area contributed by atoms with E-state index >= 15 is 0 Å². The summed E-state index contributed by atoms with van der Waals surface area (Å²) in [5, 5.41) is 0.399. The smallest absolute Gasteiger partial charge is 0.282 e. The van der Waals surface area contributed by atoms with Crippen LogP contribution in [0.15, 0.2) is 114 Å². The molecule has 6 aromatic rings. The Labute approximate surface area is 565 Å². The number of benzene rings is 6. The first-order valence-electron chi connectivity index (χ1n) is 28.4. The molecule has 18 nitrogen and oxygen atoms in total. The number of halogens is 5. The van der Waals surface area contributed by atoms with Gasteiger partial charge in [0.15, 0.2) is 11.6 Å². The molecule has 29 heteroatoms. The fourth-order valence-corrected chi connectivity index (χ4v) is 14.2. The van der Waals surface area contributed by atoms with Crippen molar-refractivity contribution in [3.05, 3.63) is 174 Å². The minimum Gasteiger partial charge on any atom is -0.282 e. The Bertz CT molecular complexity index is 4300. The van der Waals surface area contributed by atoms with Gasteiger partial charge in [0.2, 0.25) is 0 Å². The molecule has 0 aromatic heterocycles. The van der Waals surface area contributed by atoms with Crippen LogP contribution in [-0.4, -0.2) is 77.8 Å². The first-order chi connectivity index (χ1) is 41.4. The minimum absolute atomic E-state index is 0.0260. The molecule has 0 atom stereocenters. The molecule has 0 saturated heterocycles. The second-order valence-electron chi connectivity index (χ2n) is 28.3. The molecule has 0 fully saturated rings. The van der Waals surface area contributed by atoms with Gasteiger partial charge >= 0.3 is 0 Å². The Kier molecular flexibility index (Phi) is 28.7. The molecule has 0 spiro atoms. The molecule has 6 aromatic carbocycles. The molecular weight excluding hydrogens is 1390 g/mol. The van der Waals surface area contributed by atoms with Gasteiger partial charge in [0.05, 0.1) is 24.6 Å². The maximum Gasteiger partial charge on any atom is 0.297 e. The van der Waals surface area contributed by atoms with Crippen molar-refractivity contribution in [1.82, 2.24) is 0 Å². The van der Waals surface area contributed by atoms with Gasteiger partial charge in [-0.05, 0) is 183 Å². The summed E-state index contributed by atoms with van der Waals surface area (Å²) in [6, 6.07) is 19.7. The lowest BCUT2D eigenvalue weighted by Crippen LogP contribution is -2.16. The Hall–Kier alpha value is -4.85. The molecule has 6 rings (SSSR count). The largest absolute Gasteiger partial charge is 0.297 e. The highest BCUT2D eigenvalue weighted by atomic mass is 35.5. The summed E-state index contributed by atoms with van der Waals surface area (Å²) in [4.78, 5) is -1.89. The summed E-state index contributed by atoms with van der Waals surface area (Å²) in [5.74, 6) is -3.40. The predicted molar refractivity (Wildman–Crippen MR) is 363 cm³/mol. The van der Waals surface area contributed by atoms with E-state index in [9.17, 15) is 63.7 Å². The molecule has 0 heterocycles. The van der Waals surface area contributed by atoms with Crippen LogP contribution in [0.5, 0.6) is 0 Å². The third-order valence-corrected chi connectivity index (χ3v) is 19.9.